The lowest BCUT2D eigenvalue weighted by molar-refractivity contribution is 0.0620. The van der Waals surface area contributed by atoms with E-state index in [0.29, 0.717) is 12.6 Å². The van der Waals surface area contributed by atoms with E-state index in [9.17, 15) is 4.39 Å². The summed E-state index contributed by atoms with van der Waals surface area (Å²) in [5.41, 5.74) is 6.89. The van der Waals surface area contributed by atoms with E-state index < -0.39 is 0 Å². The summed E-state index contributed by atoms with van der Waals surface area (Å²) in [6, 6.07) is 7.43. The Bertz CT molecular complexity index is 396. The van der Waals surface area contributed by atoms with Gasteiger partial charge in [-0.3, -0.25) is 4.90 Å². The van der Waals surface area contributed by atoms with E-state index in [-0.39, 0.29) is 11.9 Å². The number of piperazine rings is 1. The summed E-state index contributed by atoms with van der Waals surface area (Å²) in [7, 11) is 2.12. The Hall–Kier alpha value is -0.970. The molecule has 100 valence electrons. The van der Waals surface area contributed by atoms with Crippen molar-refractivity contribution in [2.45, 2.75) is 19.0 Å². The Morgan fingerprint density at radius 1 is 1.44 bits per heavy atom. The van der Waals surface area contributed by atoms with Gasteiger partial charge in [0.15, 0.2) is 0 Å². The molecule has 1 aromatic rings. The van der Waals surface area contributed by atoms with Gasteiger partial charge < -0.3 is 10.6 Å². The number of rotatable bonds is 3. The molecule has 4 heteroatoms. The first-order valence-electron chi connectivity index (χ1n) is 6.51. The third-order valence-electron chi connectivity index (χ3n) is 3.83. The van der Waals surface area contributed by atoms with Gasteiger partial charge in [0.1, 0.15) is 5.82 Å². The summed E-state index contributed by atoms with van der Waals surface area (Å²) in [5, 5.41) is 0. The van der Waals surface area contributed by atoms with E-state index in [0.717, 1.165) is 25.2 Å². The maximum absolute atomic E-state index is 13.3. The van der Waals surface area contributed by atoms with Gasteiger partial charge in [-0.1, -0.05) is 12.1 Å². The summed E-state index contributed by atoms with van der Waals surface area (Å²) >= 11 is 0. The number of halogens is 1. The van der Waals surface area contributed by atoms with E-state index in [1.54, 1.807) is 12.1 Å². The molecule has 1 fully saturated rings. The van der Waals surface area contributed by atoms with Crippen LogP contribution in [0.5, 0.6) is 0 Å². The van der Waals surface area contributed by atoms with Crippen LogP contribution in [0.4, 0.5) is 4.39 Å². The molecule has 1 aromatic carbocycles. The molecule has 1 aliphatic heterocycles. The molecule has 1 saturated heterocycles. The highest BCUT2D eigenvalue weighted by molar-refractivity contribution is 5.20. The van der Waals surface area contributed by atoms with Gasteiger partial charge in [0.2, 0.25) is 0 Å². The molecule has 0 aliphatic carbocycles. The first-order valence-corrected chi connectivity index (χ1v) is 6.51. The monoisotopic (exact) mass is 251 g/mol. The van der Waals surface area contributed by atoms with Crippen LogP contribution >= 0.6 is 0 Å². The third kappa shape index (κ3) is 2.88. The molecule has 1 heterocycles. The smallest absolute Gasteiger partial charge is 0.123 e. The fourth-order valence-electron chi connectivity index (χ4n) is 2.70. The first kappa shape index (κ1) is 13.5. The number of hydrogen-bond donors (Lipinski definition) is 1. The van der Waals surface area contributed by atoms with E-state index in [4.69, 9.17) is 5.73 Å². The number of likely N-dealkylation sites (N-methyl/N-ethyl adjacent to an activating group) is 1. The van der Waals surface area contributed by atoms with Crippen molar-refractivity contribution in [1.82, 2.24) is 9.80 Å². The van der Waals surface area contributed by atoms with Crippen LogP contribution in [0, 0.1) is 5.82 Å². The maximum Gasteiger partial charge on any atom is 0.123 e. The van der Waals surface area contributed by atoms with Crippen LogP contribution in [-0.2, 0) is 0 Å². The van der Waals surface area contributed by atoms with Crippen molar-refractivity contribution in [2.75, 3.05) is 33.2 Å². The van der Waals surface area contributed by atoms with Gasteiger partial charge in [-0.2, -0.15) is 0 Å². The molecule has 0 saturated carbocycles. The molecule has 18 heavy (non-hydrogen) atoms. The minimum Gasteiger partial charge on any atom is -0.329 e. The van der Waals surface area contributed by atoms with Crippen LogP contribution in [0.3, 0.4) is 0 Å². The average Bonchev–Trinajstić information content (AvgIpc) is 2.37. The van der Waals surface area contributed by atoms with Crippen molar-refractivity contribution in [2.24, 2.45) is 5.73 Å². The molecule has 0 aromatic heterocycles. The zero-order chi connectivity index (χ0) is 13.1. The Balaban J connectivity index is 2.14. The van der Waals surface area contributed by atoms with Crippen molar-refractivity contribution in [3.63, 3.8) is 0 Å². The number of benzene rings is 1. The first-order chi connectivity index (χ1) is 8.61. The van der Waals surface area contributed by atoms with E-state index in [1.807, 2.05) is 6.07 Å². The predicted molar refractivity (Wildman–Crippen MR) is 71.9 cm³/mol. The van der Waals surface area contributed by atoms with Gasteiger partial charge in [-0.05, 0) is 31.7 Å². The van der Waals surface area contributed by atoms with Gasteiger partial charge in [-0.25, -0.2) is 4.39 Å². The Labute approximate surface area is 108 Å². The lowest BCUT2D eigenvalue weighted by Gasteiger charge is -2.43. The maximum atomic E-state index is 13.3. The van der Waals surface area contributed by atoms with Crippen LogP contribution in [0.25, 0.3) is 0 Å². The molecule has 1 aliphatic rings. The second kappa shape index (κ2) is 5.78. The van der Waals surface area contributed by atoms with Crippen LogP contribution in [0.15, 0.2) is 24.3 Å². The zero-order valence-electron chi connectivity index (χ0n) is 11.1. The van der Waals surface area contributed by atoms with Crippen molar-refractivity contribution >= 4 is 0 Å². The second-order valence-corrected chi connectivity index (χ2v) is 5.12. The van der Waals surface area contributed by atoms with Gasteiger partial charge in [0.25, 0.3) is 0 Å². The topological polar surface area (TPSA) is 32.5 Å². The number of nitrogens with two attached hydrogens (primary N) is 1. The average molecular weight is 251 g/mol. The van der Waals surface area contributed by atoms with E-state index in [2.05, 4.69) is 23.8 Å². The SMILES string of the molecule is CC(c1cccc(F)c1)N1CCN(C)CC1CN. The summed E-state index contributed by atoms with van der Waals surface area (Å²) in [5.74, 6) is -0.169. The van der Waals surface area contributed by atoms with Crippen LogP contribution in [0.2, 0.25) is 0 Å². The predicted octanol–water partition coefficient (Wildman–Crippen LogP) is 1.46. The molecule has 2 rings (SSSR count). The molecule has 0 spiro atoms. The van der Waals surface area contributed by atoms with Crippen molar-refractivity contribution in [1.29, 1.82) is 0 Å². The largest absolute Gasteiger partial charge is 0.329 e. The lowest BCUT2D eigenvalue weighted by Crippen LogP contribution is -2.55. The summed E-state index contributed by atoms with van der Waals surface area (Å²) in [4.78, 5) is 4.68. The standard InChI is InChI=1S/C14H22FN3/c1-11(12-4-3-5-13(15)8-12)18-7-6-17(2)10-14(18)9-16/h3-5,8,11,14H,6-7,9-10,16H2,1-2H3. The van der Waals surface area contributed by atoms with E-state index in [1.165, 1.54) is 6.07 Å². The molecule has 2 atom stereocenters. The van der Waals surface area contributed by atoms with Crippen LogP contribution in [0.1, 0.15) is 18.5 Å². The van der Waals surface area contributed by atoms with Gasteiger partial charge in [0, 0.05) is 38.3 Å². The molecular formula is C14H22FN3. The molecule has 3 nitrogen and oxygen atoms in total. The minimum absolute atomic E-state index is 0.169. The highest BCUT2D eigenvalue weighted by atomic mass is 19.1. The normalized spacial score (nSPS) is 24.1. The van der Waals surface area contributed by atoms with Gasteiger partial charge >= 0.3 is 0 Å². The highest BCUT2D eigenvalue weighted by Crippen LogP contribution is 2.24. The Morgan fingerprint density at radius 2 is 2.22 bits per heavy atom. The fourth-order valence-corrected chi connectivity index (χ4v) is 2.70. The summed E-state index contributed by atoms with van der Waals surface area (Å²) in [6.07, 6.45) is 0. The van der Waals surface area contributed by atoms with Crippen LogP contribution in [-0.4, -0.2) is 49.1 Å². The number of hydrogen-bond acceptors (Lipinski definition) is 3. The molecule has 2 N–H and O–H groups in total. The molecule has 0 radical (unpaired) electrons. The molecule has 2 unspecified atom stereocenters. The number of nitrogens with zero attached hydrogens (tertiary/aromatic N) is 2. The Kier molecular flexibility index (Phi) is 4.32. The van der Waals surface area contributed by atoms with Crippen molar-refractivity contribution < 1.29 is 4.39 Å². The lowest BCUT2D eigenvalue weighted by atomic mass is 10.0. The fraction of sp³-hybridized carbons (Fsp3) is 0.571. The minimum atomic E-state index is -0.169. The zero-order valence-corrected chi connectivity index (χ0v) is 11.1. The molecule has 0 bridgehead atoms. The van der Waals surface area contributed by atoms with Crippen molar-refractivity contribution in [3.05, 3.63) is 35.6 Å². The Morgan fingerprint density at radius 3 is 2.89 bits per heavy atom. The van der Waals surface area contributed by atoms with Crippen LogP contribution < -0.4 is 5.73 Å². The summed E-state index contributed by atoms with van der Waals surface area (Å²) in [6.45, 7) is 5.77. The molecular weight excluding hydrogens is 229 g/mol. The van der Waals surface area contributed by atoms with E-state index >= 15 is 0 Å². The second-order valence-electron chi connectivity index (χ2n) is 5.12. The highest BCUT2D eigenvalue weighted by Gasteiger charge is 2.28. The third-order valence-corrected chi connectivity index (χ3v) is 3.83. The van der Waals surface area contributed by atoms with Crippen molar-refractivity contribution in [3.8, 4) is 0 Å². The quantitative estimate of drug-likeness (QED) is 0.883. The molecule has 0 amide bonds. The van der Waals surface area contributed by atoms with Gasteiger partial charge in [0.05, 0.1) is 0 Å². The van der Waals surface area contributed by atoms with Gasteiger partial charge in [-0.15, -0.1) is 0 Å². The summed E-state index contributed by atoms with van der Waals surface area (Å²) < 4.78 is 13.3.